The molecule has 0 saturated carbocycles. The predicted molar refractivity (Wildman–Crippen MR) is 60.2 cm³/mol. The predicted octanol–water partition coefficient (Wildman–Crippen LogP) is -0.0463. The third-order valence-electron chi connectivity index (χ3n) is 2.39. The van der Waals surface area contributed by atoms with Crippen LogP contribution in [0.4, 0.5) is 11.4 Å². The van der Waals surface area contributed by atoms with Crippen LogP contribution < -0.4 is 5.73 Å². The minimum absolute atomic E-state index is 0.0384. The zero-order valence-electron chi connectivity index (χ0n) is 8.98. The summed E-state index contributed by atoms with van der Waals surface area (Å²) in [6.07, 6.45) is -2.62. The summed E-state index contributed by atoms with van der Waals surface area (Å²) in [5.74, 6) is 0. The van der Waals surface area contributed by atoms with E-state index in [4.69, 9.17) is 10.8 Å². The lowest BCUT2D eigenvalue weighted by molar-refractivity contribution is -0.385. The van der Waals surface area contributed by atoms with E-state index in [1.54, 1.807) is 0 Å². The molecule has 2 unspecified atom stereocenters. The first-order chi connectivity index (χ1) is 7.97. The van der Waals surface area contributed by atoms with Crippen LogP contribution in [0.2, 0.25) is 0 Å². The smallest absolute Gasteiger partial charge is 0.269 e. The van der Waals surface area contributed by atoms with Crippen molar-refractivity contribution in [1.82, 2.24) is 0 Å². The van der Waals surface area contributed by atoms with Crippen molar-refractivity contribution < 1.29 is 20.2 Å². The number of benzene rings is 1. The van der Waals surface area contributed by atoms with Gasteiger partial charge in [-0.1, -0.05) is 0 Å². The van der Waals surface area contributed by atoms with Crippen LogP contribution in [-0.2, 0) is 0 Å². The molecule has 0 aliphatic rings. The Balaban J connectivity index is 3.03. The number of rotatable bonds is 5. The molecule has 5 N–H and O–H groups in total. The number of aliphatic hydroxyl groups is 3. The largest absolute Gasteiger partial charge is 0.398 e. The highest BCUT2D eigenvalue weighted by atomic mass is 16.6. The Morgan fingerprint density at radius 3 is 2.59 bits per heavy atom. The Morgan fingerprint density at radius 1 is 1.41 bits per heavy atom. The molecule has 0 saturated heterocycles. The second-order valence-corrected chi connectivity index (χ2v) is 3.59. The average molecular weight is 242 g/mol. The molecule has 0 spiro atoms. The van der Waals surface area contributed by atoms with Gasteiger partial charge in [-0.25, -0.2) is 0 Å². The van der Waals surface area contributed by atoms with Crippen molar-refractivity contribution in [2.75, 3.05) is 12.3 Å². The number of hydrogen-bond acceptors (Lipinski definition) is 6. The summed E-state index contributed by atoms with van der Waals surface area (Å²) in [5, 5.41) is 38.4. The molecule has 0 radical (unpaired) electrons. The molecule has 0 fully saturated rings. The lowest BCUT2D eigenvalue weighted by Gasteiger charge is -2.18. The lowest BCUT2D eigenvalue weighted by Crippen LogP contribution is -2.20. The zero-order valence-corrected chi connectivity index (χ0v) is 8.98. The van der Waals surface area contributed by atoms with Crippen LogP contribution in [0, 0.1) is 10.1 Å². The van der Waals surface area contributed by atoms with Crippen LogP contribution in [0.3, 0.4) is 0 Å². The Hall–Kier alpha value is -1.70. The van der Waals surface area contributed by atoms with Crippen molar-refractivity contribution in [2.45, 2.75) is 18.6 Å². The van der Waals surface area contributed by atoms with Gasteiger partial charge in [0.15, 0.2) is 0 Å². The van der Waals surface area contributed by atoms with Gasteiger partial charge in [0.1, 0.15) is 6.10 Å². The summed E-state index contributed by atoms with van der Waals surface area (Å²) < 4.78 is 0. The number of nitrogen functional groups attached to an aromatic ring is 1. The van der Waals surface area contributed by atoms with E-state index in [0.29, 0.717) is 0 Å². The van der Waals surface area contributed by atoms with E-state index < -0.39 is 17.1 Å². The standard InChI is InChI=1S/C10H14N2O5/c11-8-2-1-6(12(16)17)5-7(8)10(15)9(14)3-4-13/h1-2,5,9-10,13-15H,3-4,11H2. The molecule has 17 heavy (non-hydrogen) atoms. The second kappa shape index (κ2) is 5.58. The maximum absolute atomic E-state index is 10.6. The molecule has 0 amide bonds. The van der Waals surface area contributed by atoms with Crippen molar-refractivity contribution in [3.8, 4) is 0 Å². The summed E-state index contributed by atoms with van der Waals surface area (Å²) in [4.78, 5) is 9.95. The molecule has 94 valence electrons. The monoisotopic (exact) mass is 242 g/mol. The van der Waals surface area contributed by atoms with Gasteiger partial charge in [-0.2, -0.15) is 0 Å². The van der Waals surface area contributed by atoms with Gasteiger partial charge in [0.05, 0.1) is 11.0 Å². The molecule has 7 heteroatoms. The van der Waals surface area contributed by atoms with Gasteiger partial charge in [0, 0.05) is 30.0 Å². The molecule has 0 aromatic heterocycles. The Labute approximate surface area is 97.3 Å². The number of aliphatic hydroxyl groups excluding tert-OH is 3. The molecule has 1 aromatic carbocycles. The van der Waals surface area contributed by atoms with E-state index in [-0.39, 0.29) is 30.0 Å². The van der Waals surface area contributed by atoms with Crippen molar-refractivity contribution in [3.63, 3.8) is 0 Å². The normalized spacial score (nSPS) is 14.3. The van der Waals surface area contributed by atoms with Gasteiger partial charge in [0.25, 0.3) is 5.69 Å². The van der Waals surface area contributed by atoms with E-state index in [9.17, 15) is 20.3 Å². The van der Waals surface area contributed by atoms with Gasteiger partial charge in [-0.3, -0.25) is 10.1 Å². The molecular formula is C10H14N2O5. The van der Waals surface area contributed by atoms with Gasteiger partial charge < -0.3 is 21.1 Å². The highest BCUT2D eigenvalue weighted by molar-refractivity contribution is 5.53. The topological polar surface area (TPSA) is 130 Å². The Kier molecular flexibility index (Phi) is 4.38. The van der Waals surface area contributed by atoms with Gasteiger partial charge >= 0.3 is 0 Å². The number of nitrogens with two attached hydrogens (primary N) is 1. The number of hydrogen-bond donors (Lipinski definition) is 4. The highest BCUT2D eigenvalue weighted by Gasteiger charge is 2.22. The van der Waals surface area contributed by atoms with Crippen molar-refractivity contribution in [3.05, 3.63) is 33.9 Å². The van der Waals surface area contributed by atoms with Crippen LogP contribution in [0.1, 0.15) is 18.1 Å². The summed E-state index contributed by atoms with van der Waals surface area (Å²) >= 11 is 0. The summed E-state index contributed by atoms with van der Waals surface area (Å²) in [6, 6.07) is 3.62. The average Bonchev–Trinajstić information content (AvgIpc) is 2.28. The number of non-ortho nitro benzene ring substituents is 1. The summed E-state index contributed by atoms with van der Waals surface area (Å²) in [5.41, 5.74) is 5.59. The fourth-order valence-electron chi connectivity index (χ4n) is 1.43. The van der Waals surface area contributed by atoms with Gasteiger partial charge in [-0.15, -0.1) is 0 Å². The Bertz CT molecular complexity index is 410. The minimum atomic E-state index is -1.36. The first-order valence-electron chi connectivity index (χ1n) is 4.98. The molecule has 0 heterocycles. The van der Waals surface area contributed by atoms with Gasteiger partial charge in [-0.05, 0) is 12.5 Å². The minimum Gasteiger partial charge on any atom is -0.398 e. The fraction of sp³-hybridized carbons (Fsp3) is 0.400. The van der Waals surface area contributed by atoms with Crippen molar-refractivity contribution >= 4 is 11.4 Å². The number of nitro groups is 1. The van der Waals surface area contributed by atoms with E-state index in [0.717, 1.165) is 6.07 Å². The first-order valence-corrected chi connectivity index (χ1v) is 4.98. The maximum Gasteiger partial charge on any atom is 0.269 e. The number of nitro benzene ring substituents is 1. The zero-order chi connectivity index (χ0) is 13.0. The molecule has 0 aliphatic heterocycles. The quantitative estimate of drug-likeness (QED) is 0.325. The second-order valence-electron chi connectivity index (χ2n) is 3.59. The summed E-state index contributed by atoms with van der Waals surface area (Å²) in [7, 11) is 0. The number of nitrogens with zero attached hydrogens (tertiary/aromatic N) is 1. The fourth-order valence-corrected chi connectivity index (χ4v) is 1.43. The molecule has 1 rings (SSSR count). The van der Waals surface area contributed by atoms with E-state index in [1.165, 1.54) is 12.1 Å². The SMILES string of the molecule is Nc1ccc([N+](=O)[O-])cc1C(O)C(O)CCO. The maximum atomic E-state index is 10.6. The molecule has 0 aliphatic carbocycles. The third-order valence-corrected chi connectivity index (χ3v) is 2.39. The highest BCUT2D eigenvalue weighted by Crippen LogP contribution is 2.28. The molecule has 1 aromatic rings. The van der Waals surface area contributed by atoms with E-state index in [2.05, 4.69) is 0 Å². The van der Waals surface area contributed by atoms with Crippen LogP contribution in [0.5, 0.6) is 0 Å². The van der Waals surface area contributed by atoms with E-state index in [1.807, 2.05) is 0 Å². The molecule has 0 bridgehead atoms. The van der Waals surface area contributed by atoms with Gasteiger partial charge in [0.2, 0.25) is 0 Å². The number of anilines is 1. The third kappa shape index (κ3) is 3.13. The molecule has 7 nitrogen and oxygen atoms in total. The lowest BCUT2D eigenvalue weighted by atomic mass is 10.00. The molecular weight excluding hydrogens is 228 g/mol. The van der Waals surface area contributed by atoms with E-state index >= 15 is 0 Å². The van der Waals surface area contributed by atoms with Crippen LogP contribution in [0.25, 0.3) is 0 Å². The van der Waals surface area contributed by atoms with Crippen LogP contribution >= 0.6 is 0 Å². The Morgan fingerprint density at radius 2 is 2.06 bits per heavy atom. The van der Waals surface area contributed by atoms with Crippen molar-refractivity contribution in [2.24, 2.45) is 0 Å². The van der Waals surface area contributed by atoms with Crippen LogP contribution in [0.15, 0.2) is 18.2 Å². The summed E-state index contributed by atoms with van der Waals surface area (Å²) in [6.45, 7) is -0.299. The van der Waals surface area contributed by atoms with Crippen LogP contribution in [-0.4, -0.2) is 33.0 Å². The first kappa shape index (κ1) is 13.4. The molecule has 2 atom stereocenters. The van der Waals surface area contributed by atoms with Crippen molar-refractivity contribution in [1.29, 1.82) is 0 Å².